The molecule has 0 N–H and O–H groups in total. The number of benzene rings is 2. The van der Waals surface area contributed by atoms with E-state index in [1.165, 1.54) is 22.3 Å². The summed E-state index contributed by atoms with van der Waals surface area (Å²) in [6.45, 7) is 4.40. The zero-order valence-electron chi connectivity index (χ0n) is 11.0. The van der Waals surface area contributed by atoms with E-state index in [9.17, 15) is 0 Å². The molecule has 0 heterocycles. The summed E-state index contributed by atoms with van der Waals surface area (Å²) in [5.41, 5.74) is 6.42. The van der Waals surface area contributed by atoms with Gasteiger partial charge in [-0.25, -0.2) is 0 Å². The summed E-state index contributed by atoms with van der Waals surface area (Å²) in [5.74, 6) is 0. The minimum atomic E-state index is -0.273. The molecule has 3 rings (SSSR count). The van der Waals surface area contributed by atoms with Crippen LogP contribution in [0.15, 0.2) is 48.5 Å². The van der Waals surface area contributed by atoms with Crippen LogP contribution in [0, 0.1) is 13.8 Å². The van der Waals surface area contributed by atoms with Gasteiger partial charge in [0.15, 0.2) is 0 Å². The smallest absolute Gasteiger partial charge is 0.0672 e. The summed E-state index contributed by atoms with van der Waals surface area (Å²) in [5, 5.41) is 1.58. The minimum Gasteiger partial charge on any atom is -0.0794 e. The van der Waals surface area contributed by atoms with Crippen LogP contribution in [0.1, 0.15) is 27.8 Å². The quantitative estimate of drug-likeness (QED) is 0.719. The Morgan fingerprint density at radius 1 is 0.944 bits per heavy atom. The Morgan fingerprint density at radius 3 is 2.44 bits per heavy atom. The van der Waals surface area contributed by atoms with E-state index in [1.54, 1.807) is 5.19 Å². The van der Waals surface area contributed by atoms with Crippen molar-refractivity contribution in [3.8, 4) is 0 Å². The molecular weight excluding hydrogens is 232 g/mol. The Balaban J connectivity index is 1.88. The molecule has 2 aromatic rings. The summed E-state index contributed by atoms with van der Waals surface area (Å²) < 4.78 is 0. The van der Waals surface area contributed by atoms with Crippen molar-refractivity contribution in [1.29, 1.82) is 0 Å². The summed E-state index contributed by atoms with van der Waals surface area (Å²) in [4.78, 5) is 0. The molecule has 0 saturated carbocycles. The Kier molecular flexibility index (Phi) is 2.92. The number of allylic oxidation sites excluding steroid dienone is 1. The fourth-order valence-corrected chi connectivity index (χ4v) is 5.19. The van der Waals surface area contributed by atoms with Crippen LogP contribution >= 0.6 is 0 Å². The number of aryl methyl sites for hydroxylation is 2. The van der Waals surface area contributed by atoms with Crippen LogP contribution in [-0.2, 0) is 0 Å². The van der Waals surface area contributed by atoms with E-state index in [0.717, 1.165) is 0 Å². The predicted octanol–water partition coefficient (Wildman–Crippen LogP) is 2.87. The molecule has 0 amide bonds. The van der Waals surface area contributed by atoms with Gasteiger partial charge in [0, 0.05) is 0 Å². The third kappa shape index (κ3) is 2.18. The summed E-state index contributed by atoms with van der Waals surface area (Å²) in [7, 11) is -0.273. The average molecular weight is 250 g/mol. The molecule has 90 valence electrons. The summed E-state index contributed by atoms with van der Waals surface area (Å²) >= 11 is 0. The molecule has 1 atom stereocenters. The van der Waals surface area contributed by atoms with Crippen molar-refractivity contribution < 1.29 is 0 Å². The molecule has 1 aliphatic rings. The molecule has 1 unspecified atom stereocenters. The van der Waals surface area contributed by atoms with Crippen LogP contribution < -0.4 is 5.19 Å². The number of hydrogen-bond acceptors (Lipinski definition) is 0. The predicted molar refractivity (Wildman–Crippen MR) is 82.3 cm³/mol. The van der Waals surface area contributed by atoms with E-state index in [1.807, 2.05) is 0 Å². The SMILES string of the molecule is Cc1cc(C)cc([SiH2]C2C=Cc3ccccc32)c1. The first-order valence-electron chi connectivity index (χ1n) is 6.57. The van der Waals surface area contributed by atoms with Gasteiger partial charge in [-0.3, -0.25) is 0 Å². The second kappa shape index (κ2) is 4.58. The third-order valence-electron chi connectivity index (χ3n) is 3.64. The van der Waals surface area contributed by atoms with Gasteiger partial charge in [-0.05, 0) is 30.5 Å². The highest BCUT2D eigenvalue weighted by molar-refractivity contribution is 6.56. The first-order chi connectivity index (χ1) is 8.72. The molecule has 0 fully saturated rings. The topological polar surface area (TPSA) is 0 Å². The van der Waals surface area contributed by atoms with E-state index in [2.05, 4.69) is 68.5 Å². The maximum Gasteiger partial charge on any atom is 0.0672 e. The third-order valence-corrected chi connectivity index (χ3v) is 5.67. The van der Waals surface area contributed by atoms with Crippen molar-refractivity contribution in [2.45, 2.75) is 19.4 Å². The highest BCUT2D eigenvalue weighted by atomic mass is 28.2. The van der Waals surface area contributed by atoms with E-state index in [-0.39, 0.29) is 9.52 Å². The first kappa shape index (κ1) is 11.5. The Bertz CT molecular complexity index is 591. The molecule has 1 heteroatoms. The highest BCUT2D eigenvalue weighted by Crippen LogP contribution is 2.28. The van der Waals surface area contributed by atoms with Gasteiger partial charge >= 0.3 is 0 Å². The molecule has 0 spiro atoms. The summed E-state index contributed by atoms with van der Waals surface area (Å²) in [6.07, 6.45) is 4.68. The van der Waals surface area contributed by atoms with Crippen LogP contribution in [0.5, 0.6) is 0 Å². The molecule has 0 aliphatic heterocycles. The molecule has 1 aliphatic carbocycles. The lowest BCUT2D eigenvalue weighted by Gasteiger charge is -2.11. The van der Waals surface area contributed by atoms with Gasteiger partial charge in [0.05, 0.1) is 9.52 Å². The van der Waals surface area contributed by atoms with Gasteiger partial charge in [-0.1, -0.05) is 70.9 Å². The second-order valence-corrected chi connectivity index (χ2v) is 7.40. The van der Waals surface area contributed by atoms with Crippen molar-refractivity contribution in [2.75, 3.05) is 0 Å². The maximum atomic E-state index is 2.40. The molecule has 0 nitrogen and oxygen atoms in total. The van der Waals surface area contributed by atoms with Gasteiger partial charge < -0.3 is 0 Å². The zero-order valence-corrected chi connectivity index (χ0v) is 12.4. The number of fused-ring (bicyclic) bond motifs is 1. The molecule has 0 radical (unpaired) electrons. The van der Waals surface area contributed by atoms with Crippen molar-refractivity contribution in [3.05, 3.63) is 70.8 Å². The molecule has 0 saturated heterocycles. The summed E-state index contributed by atoms with van der Waals surface area (Å²) in [6, 6.07) is 15.8. The molecule has 2 aromatic carbocycles. The highest BCUT2D eigenvalue weighted by Gasteiger charge is 2.17. The van der Waals surface area contributed by atoms with Crippen LogP contribution in [0.4, 0.5) is 0 Å². The van der Waals surface area contributed by atoms with Gasteiger partial charge in [0.25, 0.3) is 0 Å². The van der Waals surface area contributed by atoms with Gasteiger partial charge in [-0.15, -0.1) is 0 Å². The molecule has 18 heavy (non-hydrogen) atoms. The van der Waals surface area contributed by atoms with E-state index in [0.29, 0.717) is 5.54 Å². The fourth-order valence-electron chi connectivity index (χ4n) is 2.94. The van der Waals surface area contributed by atoms with Crippen LogP contribution in [0.3, 0.4) is 0 Å². The van der Waals surface area contributed by atoms with E-state index in [4.69, 9.17) is 0 Å². The lowest BCUT2D eigenvalue weighted by molar-refractivity contribution is 1.23. The molecule has 0 bridgehead atoms. The molecular formula is C17H18Si. The van der Waals surface area contributed by atoms with Gasteiger partial charge in [-0.2, -0.15) is 0 Å². The second-order valence-electron chi connectivity index (χ2n) is 5.29. The average Bonchev–Trinajstić information content (AvgIpc) is 2.72. The van der Waals surface area contributed by atoms with Gasteiger partial charge in [0.2, 0.25) is 0 Å². The van der Waals surface area contributed by atoms with E-state index < -0.39 is 0 Å². The van der Waals surface area contributed by atoms with Crippen molar-refractivity contribution in [3.63, 3.8) is 0 Å². The number of rotatable bonds is 2. The standard InChI is InChI=1S/C17H18Si/c1-12-9-13(2)11-15(10-12)18-17-8-7-14-5-3-4-6-16(14)17/h3-11,17H,18H2,1-2H3. The Morgan fingerprint density at radius 2 is 1.67 bits per heavy atom. The van der Waals surface area contributed by atoms with Crippen molar-refractivity contribution in [2.24, 2.45) is 0 Å². The maximum absolute atomic E-state index is 2.40. The van der Waals surface area contributed by atoms with Crippen LogP contribution in [-0.4, -0.2) is 9.52 Å². The first-order valence-corrected chi connectivity index (χ1v) is 8.09. The minimum absolute atomic E-state index is 0.273. The van der Waals surface area contributed by atoms with Crippen LogP contribution in [0.25, 0.3) is 6.08 Å². The lowest BCUT2D eigenvalue weighted by Crippen LogP contribution is -2.20. The van der Waals surface area contributed by atoms with Gasteiger partial charge in [0.1, 0.15) is 0 Å². The zero-order chi connectivity index (χ0) is 12.5. The Labute approximate surface area is 111 Å². The largest absolute Gasteiger partial charge is 0.0794 e. The monoisotopic (exact) mass is 250 g/mol. The normalized spacial score (nSPS) is 17.6. The van der Waals surface area contributed by atoms with Crippen molar-refractivity contribution in [1.82, 2.24) is 0 Å². The van der Waals surface area contributed by atoms with Crippen LogP contribution in [0.2, 0.25) is 0 Å². The van der Waals surface area contributed by atoms with E-state index >= 15 is 0 Å². The fraction of sp³-hybridized carbons (Fsp3) is 0.176. The molecule has 0 aromatic heterocycles. The van der Waals surface area contributed by atoms with Crippen molar-refractivity contribution >= 4 is 20.8 Å². The number of hydrogen-bond donors (Lipinski definition) is 0. The Hall–Kier alpha value is -1.60. The lowest BCUT2D eigenvalue weighted by atomic mass is 10.1.